The molecular formula is C13H20N4O. The maximum absolute atomic E-state index is 11.8. The van der Waals surface area contributed by atoms with E-state index in [9.17, 15) is 4.79 Å². The van der Waals surface area contributed by atoms with E-state index in [-0.39, 0.29) is 12.6 Å². The number of terminal acetylenes is 1. The number of rotatable bonds is 3. The van der Waals surface area contributed by atoms with Crippen LogP contribution in [0.25, 0.3) is 0 Å². The SMILES string of the molecule is C#CCN1C(=O)NC(=N)C12CCN(CCC)CC2. The van der Waals surface area contributed by atoms with Crippen molar-refractivity contribution in [2.75, 3.05) is 26.2 Å². The van der Waals surface area contributed by atoms with Gasteiger partial charge < -0.3 is 9.80 Å². The molecular weight excluding hydrogens is 228 g/mol. The van der Waals surface area contributed by atoms with Gasteiger partial charge in [-0.1, -0.05) is 12.8 Å². The van der Waals surface area contributed by atoms with E-state index in [0.29, 0.717) is 5.84 Å². The van der Waals surface area contributed by atoms with Gasteiger partial charge in [0.05, 0.1) is 6.54 Å². The second kappa shape index (κ2) is 4.99. The van der Waals surface area contributed by atoms with Crippen LogP contribution in [-0.4, -0.2) is 53.4 Å². The summed E-state index contributed by atoms with van der Waals surface area (Å²) >= 11 is 0. The van der Waals surface area contributed by atoms with Crippen LogP contribution in [0.15, 0.2) is 0 Å². The molecule has 2 aliphatic rings. The predicted octanol–water partition coefficient (Wildman–Crippen LogP) is 0.867. The van der Waals surface area contributed by atoms with Crippen molar-refractivity contribution in [3.8, 4) is 12.3 Å². The van der Waals surface area contributed by atoms with Crippen LogP contribution >= 0.6 is 0 Å². The van der Waals surface area contributed by atoms with Gasteiger partial charge in [0.15, 0.2) is 0 Å². The zero-order valence-electron chi connectivity index (χ0n) is 10.8. The van der Waals surface area contributed by atoms with E-state index in [1.807, 2.05) is 0 Å². The molecule has 2 amide bonds. The summed E-state index contributed by atoms with van der Waals surface area (Å²) in [5, 5.41) is 10.7. The Hall–Kier alpha value is -1.54. The summed E-state index contributed by atoms with van der Waals surface area (Å²) in [5.41, 5.74) is -0.478. The third-order valence-corrected chi connectivity index (χ3v) is 3.93. The molecule has 5 heteroatoms. The molecule has 2 saturated heterocycles. The average Bonchev–Trinajstić information content (AvgIpc) is 2.58. The first-order chi connectivity index (χ1) is 8.64. The lowest BCUT2D eigenvalue weighted by Gasteiger charge is -2.42. The number of carbonyl (C=O) groups excluding carboxylic acids is 1. The molecule has 1 spiro atoms. The summed E-state index contributed by atoms with van der Waals surface area (Å²) < 4.78 is 0. The molecule has 2 heterocycles. The van der Waals surface area contributed by atoms with E-state index in [4.69, 9.17) is 11.8 Å². The predicted molar refractivity (Wildman–Crippen MR) is 70.5 cm³/mol. The number of piperidine rings is 1. The van der Waals surface area contributed by atoms with E-state index in [1.54, 1.807) is 4.90 Å². The Labute approximate surface area is 108 Å². The maximum atomic E-state index is 11.8. The van der Waals surface area contributed by atoms with Crippen molar-refractivity contribution < 1.29 is 4.79 Å². The molecule has 0 aromatic carbocycles. The number of carbonyl (C=O) groups is 1. The van der Waals surface area contributed by atoms with Crippen LogP contribution < -0.4 is 5.32 Å². The van der Waals surface area contributed by atoms with E-state index < -0.39 is 5.54 Å². The number of likely N-dealkylation sites (tertiary alicyclic amines) is 1. The number of nitrogens with one attached hydrogen (secondary N) is 2. The number of hydrogen-bond acceptors (Lipinski definition) is 3. The maximum Gasteiger partial charge on any atom is 0.324 e. The third-order valence-electron chi connectivity index (χ3n) is 3.93. The zero-order chi connectivity index (χ0) is 13.2. The minimum atomic E-state index is -0.478. The molecule has 18 heavy (non-hydrogen) atoms. The lowest BCUT2D eigenvalue weighted by atomic mass is 9.85. The van der Waals surface area contributed by atoms with Gasteiger partial charge in [0.1, 0.15) is 11.4 Å². The fraction of sp³-hybridized carbons (Fsp3) is 0.692. The Morgan fingerprint density at radius 1 is 1.50 bits per heavy atom. The highest BCUT2D eigenvalue weighted by atomic mass is 16.2. The van der Waals surface area contributed by atoms with Crippen molar-refractivity contribution in [2.45, 2.75) is 31.7 Å². The summed E-state index contributed by atoms with van der Waals surface area (Å²) in [5.74, 6) is 2.84. The normalized spacial score (nSPS) is 23.2. The lowest BCUT2D eigenvalue weighted by molar-refractivity contribution is 0.111. The molecule has 2 N–H and O–H groups in total. The minimum Gasteiger partial charge on any atom is -0.303 e. The van der Waals surface area contributed by atoms with Gasteiger partial charge in [-0.2, -0.15) is 0 Å². The monoisotopic (exact) mass is 248 g/mol. The quantitative estimate of drug-likeness (QED) is 0.728. The van der Waals surface area contributed by atoms with Crippen LogP contribution in [0.1, 0.15) is 26.2 Å². The number of nitrogens with zero attached hydrogens (tertiary/aromatic N) is 2. The van der Waals surface area contributed by atoms with Crippen molar-refractivity contribution in [2.24, 2.45) is 0 Å². The molecule has 0 aliphatic carbocycles. The van der Waals surface area contributed by atoms with Crippen molar-refractivity contribution in [3.63, 3.8) is 0 Å². The van der Waals surface area contributed by atoms with Crippen LogP contribution in [0.3, 0.4) is 0 Å². The first kappa shape index (κ1) is 12.9. The summed E-state index contributed by atoms with van der Waals surface area (Å²) in [6.45, 7) is 5.37. The molecule has 98 valence electrons. The Morgan fingerprint density at radius 3 is 2.72 bits per heavy atom. The highest BCUT2D eigenvalue weighted by Crippen LogP contribution is 2.33. The van der Waals surface area contributed by atoms with Gasteiger partial charge >= 0.3 is 6.03 Å². The Morgan fingerprint density at radius 2 is 2.17 bits per heavy atom. The van der Waals surface area contributed by atoms with E-state index in [1.165, 1.54) is 0 Å². The lowest BCUT2D eigenvalue weighted by Crippen LogP contribution is -2.56. The molecule has 2 aliphatic heterocycles. The first-order valence-electron chi connectivity index (χ1n) is 6.47. The standard InChI is InChI=1S/C13H20N4O/c1-3-7-16-9-5-13(6-10-16)11(14)15-12(18)17(13)8-4-2/h2H,3,5-10H2,1H3,(H2,14,15,18). The van der Waals surface area contributed by atoms with Crippen LogP contribution in [0.5, 0.6) is 0 Å². The highest BCUT2D eigenvalue weighted by Gasteiger charge is 2.50. The minimum absolute atomic E-state index is 0.220. The summed E-state index contributed by atoms with van der Waals surface area (Å²) in [6, 6.07) is -0.220. The number of amides is 2. The summed E-state index contributed by atoms with van der Waals surface area (Å²) in [6.07, 6.45) is 8.06. The van der Waals surface area contributed by atoms with Crippen molar-refractivity contribution >= 4 is 11.9 Å². The molecule has 0 saturated carbocycles. The topological polar surface area (TPSA) is 59.4 Å². The molecule has 0 bridgehead atoms. The summed E-state index contributed by atoms with van der Waals surface area (Å²) in [7, 11) is 0. The Balaban J connectivity index is 2.12. The first-order valence-corrected chi connectivity index (χ1v) is 6.47. The Kier molecular flexibility index (Phi) is 3.58. The van der Waals surface area contributed by atoms with Gasteiger partial charge in [-0.15, -0.1) is 6.42 Å². The van der Waals surface area contributed by atoms with Gasteiger partial charge in [-0.05, 0) is 25.8 Å². The molecule has 0 radical (unpaired) electrons. The second-order valence-corrected chi connectivity index (χ2v) is 4.97. The number of urea groups is 1. The van der Waals surface area contributed by atoms with Crippen LogP contribution in [0.2, 0.25) is 0 Å². The molecule has 2 rings (SSSR count). The third kappa shape index (κ3) is 1.97. The number of hydrogen-bond donors (Lipinski definition) is 2. The van der Waals surface area contributed by atoms with Crippen molar-refractivity contribution in [3.05, 3.63) is 0 Å². The van der Waals surface area contributed by atoms with Gasteiger partial charge in [0.2, 0.25) is 0 Å². The molecule has 5 nitrogen and oxygen atoms in total. The van der Waals surface area contributed by atoms with E-state index in [2.05, 4.69) is 23.1 Å². The molecule has 2 fully saturated rings. The van der Waals surface area contributed by atoms with Gasteiger partial charge in [-0.25, -0.2) is 4.79 Å². The van der Waals surface area contributed by atoms with Crippen LogP contribution in [0.4, 0.5) is 4.79 Å². The fourth-order valence-corrected chi connectivity index (χ4v) is 2.92. The second-order valence-electron chi connectivity index (χ2n) is 4.97. The summed E-state index contributed by atoms with van der Waals surface area (Å²) in [4.78, 5) is 15.9. The van der Waals surface area contributed by atoms with Crippen LogP contribution in [-0.2, 0) is 0 Å². The van der Waals surface area contributed by atoms with Gasteiger partial charge in [-0.3, -0.25) is 10.7 Å². The van der Waals surface area contributed by atoms with E-state index >= 15 is 0 Å². The molecule has 0 unspecified atom stereocenters. The van der Waals surface area contributed by atoms with E-state index in [0.717, 1.165) is 38.9 Å². The zero-order valence-corrected chi connectivity index (χ0v) is 10.8. The van der Waals surface area contributed by atoms with Crippen molar-refractivity contribution in [1.29, 1.82) is 5.41 Å². The van der Waals surface area contributed by atoms with Crippen LogP contribution in [0, 0.1) is 17.8 Å². The van der Waals surface area contributed by atoms with Gasteiger partial charge in [0.25, 0.3) is 0 Å². The van der Waals surface area contributed by atoms with Crippen molar-refractivity contribution in [1.82, 2.24) is 15.1 Å². The molecule has 0 atom stereocenters. The van der Waals surface area contributed by atoms with Gasteiger partial charge in [0, 0.05) is 13.1 Å². The molecule has 0 aromatic rings. The Bertz CT molecular complexity index is 390. The fourth-order valence-electron chi connectivity index (χ4n) is 2.92. The highest BCUT2D eigenvalue weighted by molar-refractivity contribution is 6.08. The molecule has 0 aromatic heterocycles. The smallest absolute Gasteiger partial charge is 0.303 e. The average molecular weight is 248 g/mol. The largest absolute Gasteiger partial charge is 0.324 e. The number of amidine groups is 1.